The number of carboxylic acid groups (broad SMARTS) is 1. The van der Waals surface area contributed by atoms with Gasteiger partial charge in [-0.3, -0.25) is 4.79 Å². The molecule has 0 unspecified atom stereocenters. The molecule has 0 heterocycles. The maximum Gasteiger partial charge on any atom is 0.309 e. The zero-order chi connectivity index (χ0) is 18.1. The summed E-state index contributed by atoms with van der Waals surface area (Å²) in [5.41, 5.74) is -0.560. The molecule has 2 heteroatoms. The average molecular weight is 337 g/mol. The Morgan fingerprint density at radius 1 is 0.792 bits per heavy atom. The maximum atomic E-state index is 11.0. The van der Waals surface area contributed by atoms with Gasteiger partial charge in [0.15, 0.2) is 0 Å². The highest BCUT2D eigenvalue weighted by atomic mass is 16.4. The van der Waals surface area contributed by atoms with Crippen molar-refractivity contribution in [3.8, 4) is 0 Å². The third kappa shape index (κ3) is 14.5. The number of hydrogen-bond acceptors (Lipinski definition) is 1. The highest BCUT2D eigenvalue weighted by Crippen LogP contribution is 2.24. The summed E-state index contributed by atoms with van der Waals surface area (Å²) in [6.07, 6.45) is 24.7. The van der Waals surface area contributed by atoms with Gasteiger partial charge in [0, 0.05) is 0 Å². The van der Waals surface area contributed by atoms with Gasteiger partial charge in [0.1, 0.15) is 0 Å². The molecule has 0 fully saturated rings. The van der Waals surface area contributed by atoms with E-state index in [1.165, 1.54) is 57.8 Å². The lowest BCUT2D eigenvalue weighted by Gasteiger charge is -2.18. The summed E-state index contributed by atoms with van der Waals surface area (Å²) < 4.78 is 0. The van der Waals surface area contributed by atoms with Gasteiger partial charge < -0.3 is 5.11 Å². The summed E-state index contributed by atoms with van der Waals surface area (Å²) in [6, 6.07) is 0. The van der Waals surface area contributed by atoms with E-state index in [1.54, 1.807) is 0 Å². The standard InChI is InChI=1S/C22H40O2/c1-4-5-6-7-8-9-10-11-12-13-14-15-16-17-18-19-20-22(2,3)21(23)24/h8-9,11-12H,4-7,10,13-20H2,1-3H3,(H,23,24)/b9-8-,12-11-. The number of allylic oxidation sites excluding steroid dienone is 4. The van der Waals surface area contributed by atoms with E-state index in [4.69, 9.17) is 5.11 Å². The van der Waals surface area contributed by atoms with E-state index in [2.05, 4.69) is 31.2 Å². The summed E-state index contributed by atoms with van der Waals surface area (Å²) in [7, 11) is 0. The summed E-state index contributed by atoms with van der Waals surface area (Å²) in [5, 5.41) is 9.06. The maximum absolute atomic E-state index is 11.0. The number of unbranched alkanes of at least 4 members (excludes halogenated alkanes) is 9. The molecule has 0 radical (unpaired) electrons. The van der Waals surface area contributed by atoms with Crippen LogP contribution in [-0.4, -0.2) is 11.1 Å². The van der Waals surface area contributed by atoms with Crippen molar-refractivity contribution in [3.63, 3.8) is 0 Å². The Hall–Kier alpha value is -1.05. The predicted molar refractivity (Wildman–Crippen MR) is 105 cm³/mol. The van der Waals surface area contributed by atoms with E-state index in [1.807, 2.05) is 13.8 Å². The van der Waals surface area contributed by atoms with Crippen molar-refractivity contribution in [1.82, 2.24) is 0 Å². The number of carbonyl (C=O) groups is 1. The Morgan fingerprint density at radius 2 is 1.29 bits per heavy atom. The van der Waals surface area contributed by atoms with Gasteiger partial charge in [0.05, 0.1) is 5.41 Å². The quantitative estimate of drug-likeness (QED) is 0.237. The minimum Gasteiger partial charge on any atom is -0.481 e. The van der Waals surface area contributed by atoms with Gasteiger partial charge in [-0.2, -0.15) is 0 Å². The van der Waals surface area contributed by atoms with Crippen molar-refractivity contribution < 1.29 is 9.90 Å². The highest BCUT2D eigenvalue weighted by molar-refractivity contribution is 5.73. The lowest BCUT2D eigenvalue weighted by atomic mass is 9.87. The van der Waals surface area contributed by atoms with E-state index in [0.29, 0.717) is 0 Å². The van der Waals surface area contributed by atoms with E-state index < -0.39 is 11.4 Å². The van der Waals surface area contributed by atoms with Gasteiger partial charge in [-0.05, 0) is 52.4 Å². The molecule has 0 aliphatic carbocycles. The van der Waals surface area contributed by atoms with Crippen LogP contribution in [0.4, 0.5) is 0 Å². The molecule has 0 bridgehead atoms. The molecule has 0 rings (SSSR count). The van der Waals surface area contributed by atoms with Gasteiger partial charge in [0.2, 0.25) is 0 Å². The Bertz CT molecular complexity index is 353. The van der Waals surface area contributed by atoms with Crippen LogP contribution < -0.4 is 0 Å². The molecule has 0 spiro atoms. The van der Waals surface area contributed by atoms with Crippen LogP contribution in [0.2, 0.25) is 0 Å². The Balaban J connectivity index is 3.33. The fourth-order valence-corrected chi connectivity index (χ4v) is 2.66. The molecule has 24 heavy (non-hydrogen) atoms. The minimum atomic E-state index is -0.676. The molecule has 140 valence electrons. The first kappa shape index (κ1) is 22.9. The molecular weight excluding hydrogens is 296 g/mol. The zero-order valence-corrected chi connectivity index (χ0v) is 16.4. The van der Waals surface area contributed by atoms with Crippen molar-refractivity contribution in [2.45, 2.75) is 104 Å². The van der Waals surface area contributed by atoms with Crippen LogP contribution in [0.25, 0.3) is 0 Å². The van der Waals surface area contributed by atoms with Crippen molar-refractivity contribution in [2.24, 2.45) is 5.41 Å². The number of carboxylic acids is 1. The van der Waals surface area contributed by atoms with Gasteiger partial charge in [0.25, 0.3) is 0 Å². The fourth-order valence-electron chi connectivity index (χ4n) is 2.66. The molecule has 0 saturated heterocycles. The third-order valence-electron chi connectivity index (χ3n) is 4.58. The summed E-state index contributed by atoms with van der Waals surface area (Å²) in [5.74, 6) is -0.676. The van der Waals surface area contributed by atoms with E-state index in [-0.39, 0.29) is 0 Å². The molecule has 0 amide bonds. The second kappa shape index (κ2) is 15.5. The molecule has 0 aromatic heterocycles. The van der Waals surface area contributed by atoms with Crippen molar-refractivity contribution in [3.05, 3.63) is 24.3 Å². The highest BCUT2D eigenvalue weighted by Gasteiger charge is 2.25. The topological polar surface area (TPSA) is 37.3 Å². The van der Waals surface area contributed by atoms with Crippen LogP contribution in [-0.2, 0) is 4.79 Å². The van der Waals surface area contributed by atoms with Gasteiger partial charge in [-0.1, -0.05) is 76.2 Å². The molecular formula is C22H40O2. The summed E-state index contributed by atoms with van der Waals surface area (Å²) >= 11 is 0. The van der Waals surface area contributed by atoms with Crippen LogP contribution in [0.5, 0.6) is 0 Å². The molecule has 0 aromatic rings. The van der Waals surface area contributed by atoms with Crippen LogP contribution in [0.15, 0.2) is 24.3 Å². The Kier molecular flexibility index (Phi) is 14.8. The number of rotatable bonds is 16. The fraction of sp³-hybridized carbons (Fsp3) is 0.773. The van der Waals surface area contributed by atoms with Crippen molar-refractivity contribution in [1.29, 1.82) is 0 Å². The molecule has 0 atom stereocenters. The lowest BCUT2D eigenvalue weighted by Crippen LogP contribution is -2.23. The molecule has 0 aliphatic rings. The number of aliphatic carboxylic acids is 1. The predicted octanol–water partition coefficient (Wildman–Crippen LogP) is 7.30. The second-order valence-electron chi connectivity index (χ2n) is 7.52. The van der Waals surface area contributed by atoms with E-state index in [0.717, 1.165) is 25.7 Å². The molecule has 2 nitrogen and oxygen atoms in total. The first-order valence-electron chi connectivity index (χ1n) is 10.0. The van der Waals surface area contributed by atoms with Crippen LogP contribution in [0, 0.1) is 5.41 Å². The molecule has 1 N–H and O–H groups in total. The second-order valence-corrected chi connectivity index (χ2v) is 7.52. The van der Waals surface area contributed by atoms with Gasteiger partial charge in [-0.25, -0.2) is 0 Å². The summed E-state index contributed by atoms with van der Waals surface area (Å²) in [4.78, 5) is 11.0. The van der Waals surface area contributed by atoms with Crippen molar-refractivity contribution >= 4 is 5.97 Å². The van der Waals surface area contributed by atoms with E-state index >= 15 is 0 Å². The largest absolute Gasteiger partial charge is 0.481 e. The Morgan fingerprint density at radius 3 is 1.83 bits per heavy atom. The lowest BCUT2D eigenvalue weighted by molar-refractivity contribution is -0.147. The smallest absolute Gasteiger partial charge is 0.309 e. The number of hydrogen-bond donors (Lipinski definition) is 1. The van der Waals surface area contributed by atoms with Crippen LogP contribution in [0.3, 0.4) is 0 Å². The monoisotopic (exact) mass is 336 g/mol. The van der Waals surface area contributed by atoms with Gasteiger partial charge in [-0.15, -0.1) is 0 Å². The SMILES string of the molecule is CCCCC/C=C\C/C=C\CCCCCCCCC(C)(C)C(=O)O. The first-order chi connectivity index (χ1) is 11.5. The average Bonchev–Trinajstić information content (AvgIpc) is 2.54. The summed E-state index contributed by atoms with van der Waals surface area (Å²) in [6.45, 7) is 5.89. The minimum absolute atomic E-state index is 0.560. The third-order valence-corrected chi connectivity index (χ3v) is 4.58. The van der Waals surface area contributed by atoms with Gasteiger partial charge >= 0.3 is 5.97 Å². The van der Waals surface area contributed by atoms with Crippen LogP contribution in [0.1, 0.15) is 104 Å². The Labute approximate surface area is 150 Å². The van der Waals surface area contributed by atoms with E-state index in [9.17, 15) is 4.79 Å². The van der Waals surface area contributed by atoms with Crippen molar-refractivity contribution in [2.75, 3.05) is 0 Å². The first-order valence-corrected chi connectivity index (χ1v) is 10.0. The zero-order valence-electron chi connectivity index (χ0n) is 16.4. The molecule has 0 aliphatic heterocycles. The molecule has 0 saturated carbocycles. The molecule has 0 aromatic carbocycles. The normalized spacial score (nSPS) is 12.5. The van der Waals surface area contributed by atoms with Crippen LogP contribution >= 0.6 is 0 Å².